The van der Waals surface area contributed by atoms with Gasteiger partial charge in [-0.1, -0.05) is 23.7 Å². The van der Waals surface area contributed by atoms with Crippen LogP contribution in [-0.2, 0) is 6.42 Å². The smallest absolute Gasteiger partial charge is 0.168 e. The van der Waals surface area contributed by atoms with Crippen molar-refractivity contribution in [1.82, 2.24) is 0 Å². The number of Topliss-reactive ketones (excluding diaryl/α,β-unsaturated/α-hetero) is 1. The van der Waals surface area contributed by atoms with Crippen molar-refractivity contribution in [2.45, 2.75) is 6.42 Å². The van der Waals surface area contributed by atoms with E-state index in [1.54, 1.807) is 24.3 Å². The lowest BCUT2D eigenvalue weighted by molar-refractivity contribution is 0.0991. The number of benzene rings is 2. The summed E-state index contributed by atoms with van der Waals surface area (Å²) in [5, 5.41) is 0.520. The Morgan fingerprint density at radius 3 is 2.80 bits per heavy atom. The quantitative estimate of drug-likeness (QED) is 0.743. The third-order valence-electron chi connectivity index (χ3n) is 2.85. The molecular formula is C15H11BrClFO2. The van der Waals surface area contributed by atoms with Crippen molar-refractivity contribution in [3.8, 4) is 5.75 Å². The lowest BCUT2D eigenvalue weighted by Crippen LogP contribution is -2.06. The fraction of sp³-hybridized carbons (Fsp3) is 0.133. The van der Waals surface area contributed by atoms with Crippen molar-refractivity contribution < 1.29 is 13.9 Å². The summed E-state index contributed by atoms with van der Waals surface area (Å²) in [5.74, 6) is -0.0962. The second-order valence-electron chi connectivity index (χ2n) is 4.16. The van der Waals surface area contributed by atoms with Crippen LogP contribution in [0.5, 0.6) is 5.75 Å². The zero-order chi connectivity index (χ0) is 14.7. The van der Waals surface area contributed by atoms with Gasteiger partial charge in [-0.3, -0.25) is 4.79 Å². The number of rotatable bonds is 4. The van der Waals surface area contributed by atoms with Gasteiger partial charge in [-0.2, -0.15) is 0 Å². The van der Waals surface area contributed by atoms with Gasteiger partial charge in [0.05, 0.1) is 11.6 Å². The average Bonchev–Trinajstić information content (AvgIpc) is 2.42. The van der Waals surface area contributed by atoms with Crippen molar-refractivity contribution in [2.24, 2.45) is 0 Å². The molecule has 0 radical (unpaired) electrons. The van der Waals surface area contributed by atoms with Gasteiger partial charge < -0.3 is 4.74 Å². The molecule has 2 aromatic rings. The van der Waals surface area contributed by atoms with E-state index in [4.69, 9.17) is 16.3 Å². The monoisotopic (exact) mass is 356 g/mol. The van der Waals surface area contributed by atoms with Crippen LogP contribution in [0.15, 0.2) is 40.9 Å². The highest BCUT2D eigenvalue weighted by Gasteiger charge is 2.16. The van der Waals surface area contributed by atoms with E-state index in [0.717, 1.165) is 0 Å². The van der Waals surface area contributed by atoms with Gasteiger partial charge in [0, 0.05) is 22.6 Å². The van der Waals surface area contributed by atoms with Gasteiger partial charge in [0.25, 0.3) is 0 Å². The fourth-order valence-corrected chi connectivity index (χ4v) is 2.55. The number of hydrogen-bond acceptors (Lipinski definition) is 2. The minimum absolute atomic E-state index is 0.0891. The SMILES string of the molecule is COc1ccc(Cl)cc1CC(=O)c1cccc(F)c1Br. The van der Waals surface area contributed by atoms with Crippen molar-refractivity contribution >= 4 is 33.3 Å². The first-order chi connectivity index (χ1) is 9.52. The van der Waals surface area contributed by atoms with Crippen LogP contribution in [0.3, 0.4) is 0 Å². The molecule has 0 aliphatic rings. The molecule has 104 valence electrons. The summed E-state index contributed by atoms with van der Waals surface area (Å²) in [4.78, 5) is 12.3. The topological polar surface area (TPSA) is 26.3 Å². The Balaban J connectivity index is 2.32. The van der Waals surface area contributed by atoms with E-state index < -0.39 is 5.82 Å². The summed E-state index contributed by atoms with van der Waals surface area (Å²) in [6.45, 7) is 0. The third-order valence-corrected chi connectivity index (χ3v) is 3.89. The van der Waals surface area contributed by atoms with Crippen molar-refractivity contribution in [3.63, 3.8) is 0 Å². The molecule has 0 unspecified atom stereocenters. The second kappa shape index (κ2) is 6.37. The molecule has 0 amide bonds. The first-order valence-electron chi connectivity index (χ1n) is 5.82. The molecule has 0 aromatic heterocycles. The zero-order valence-electron chi connectivity index (χ0n) is 10.6. The molecule has 0 aliphatic carbocycles. The molecule has 0 aliphatic heterocycles. The van der Waals surface area contributed by atoms with Crippen molar-refractivity contribution in [2.75, 3.05) is 7.11 Å². The van der Waals surface area contributed by atoms with E-state index in [1.165, 1.54) is 19.2 Å². The highest BCUT2D eigenvalue weighted by atomic mass is 79.9. The zero-order valence-corrected chi connectivity index (χ0v) is 13.0. The molecule has 0 fully saturated rings. The van der Waals surface area contributed by atoms with Crippen LogP contribution in [0.25, 0.3) is 0 Å². The van der Waals surface area contributed by atoms with Gasteiger partial charge in [-0.15, -0.1) is 0 Å². The van der Waals surface area contributed by atoms with Crippen LogP contribution < -0.4 is 4.74 Å². The molecule has 20 heavy (non-hydrogen) atoms. The van der Waals surface area contributed by atoms with Crippen LogP contribution >= 0.6 is 27.5 Å². The van der Waals surface area contributed by atoms with Gasteiger partial charge in [0.15, 0.2) is 5.78 Å². The first kappa shape index (κ1) is 15.0. The lowest BCUT2D eigenvalue weighted by atomic mass is 10.0. The van der Waals surface area contributed by atoms with Gasteiger partial charge >= 0.3 is 0 Å². The molecule has 2 aromatic carbocycles. The van der Waals surface area contributed by atoms with Crippen LogP contribution in [0.2, 0.25) is 5.02 Å². The number of carbonyl (C=O) groups excluding carboxylic acids is 1. The maximum absolute atomic E-state index is 13.4. The number of halogens is 3. The minimum Gasteiger partial charge on any atom is -0.496 e. The molecule has 2 rings (SSSR count). The van der Waals surface area contributed by atoms with Crippen LogP contribution in [0.4, 0.5) is 4.39 Å². The van der Waals surface area contributed by atoms with Gasteiger partial charge in [0.1, 0.15) is 11.6 Å². The van der Waals surface area contributed by atoms with Gasteiger partial charge in [0.2, 0.25) is 0 Å². The van der Waals surface area contributed by atoms with Crippen LogP contribution in [0.1, 0.15) is 15.9 Å². The number of ketones is 1. The molecule has 0 saturated carbocycles. The van der Waals surface area contributed by atoms with Gasteiger partial charge in [-0.05, 0) is 40.2 Å². The normalized spacial score (nSPS) is 10.4. The summed E-state index contributed by atoms with van der Waals surface area (Å²) in [5.41, 5.74) is 0.966. The molecule has 0 spiro atoms. The molecule has 0 atom stereocenters. The summed E-state index contributed by atoms with van der Waals surface area (Å²) < 4.78 is 18.8. The summed E-state index contributed by atoms with van der Waals surface area (Å²) in [7, 11) is 1.52. The second-order valence-corrected chi connectivity index (χ2v) is 5.39. The predicted molar refractivity (Wildman–Crippen MR) is 80.1 cm³/mol. The number of methoxy groups -OCH3 is 1. The van der Waals surface area contributed by atoms with E-state index in [1.807, 2.05) is 0 Å². The molecule has 2 nitrogen and oxygen atoms in total. The largest absolute Gasteiger partial charge is 0.496 e. The maximum atomic E-state index is 13.4. The lowest BCUT2D eigenvalue weighted by Gasteiger charge is -2.09. The van der Waals surface area contributed by atoms with E-state index in [2.05, 4.69) is 15.9 Å². The molecule has 0 heterocycles. The van der Waals surface area contributed by atoms with Crippen molar-refractivity contribution in [3.05, 3.63) is 62.8 Å². The summed E-state index contributed by atoms with van der Waals surface area (Å²) in [6, 6.07) is 9.43. The molecular weight excluding hydrogens is 347 g/mol. The molecule has 5 heteroatoms. The average molecular weight is 358 g/mol. The molecule has 0 N–H and O–H groups in total. The Bertz CT molecular complexity index is 658. The minimum atomic E-state index is -0.464. The summed E-state index contributed by atoms with van der Waals surface area (Å²) >= 11 is 9.01. The van der Waals surface area contributed by atoms with E-state index in [0.29, 0.717) is 21.9 Å². The van der Waals surface area contributed by atoms with Crippen LogP contribution in [-0.4, -0.2) is 12.9 Å². The standard InChI is InChI=1S/C15H11BrClFO2/c1-20-14-6-5-10(17)7-9(14)8-13(19)11-3-2-4-12(18)15(11)16/h2-7H,8H2,1H3. The Kier molecular flexibility index (Phi) is 4.78. The molecule has 0 saturated heterocycles. The summed E-state index contributed by atoms with van der Waals surface area (Å²) in [6.07, 6.45) is 0.0891. The van der Waals surface area contributed by atoms with Crippen molar-refractivity contribution in [1.29, 1.82) is 0 Å². The first-order valence-corrected chi connectivity index (χ1v) is 6.99. The van der Waals surface area contributed by atoms with Gasteiger partial charge in [-0.25, -0.2) is 4.39 Å². The predicted octanol–water partition coefficient (Wildman–Crippen LogP) is 4.68. The van der Waals surface area contributed by atoms with Crippen LogP contribution in [0, 0.1) is 5.82 Å². The Labute approximate surface area is 129 Å². The maximum Gasteiger partial charge on any atom is 0.168 e. The highest BCUT2D eigenvalue weighted by Crippen LogP contribution is 2.26. The van der Waals surface area contributed by atoms with E-state index in [9.17, 15) is 9.18 Å². The fourth-order valence-electron chi connectivity index (χ4n) is 1.87. The Morgan fingerprint density at radius 1 is 1.35 bits per heavy atom. The third kappa shape index (κ3) is 3.19. The Hall–Kier alpha value is -1.39. The highest BCUT2D eigenvalue weighted by molar-refractivity contribution is 9.10. The van der Waals surface area contributed by atoms with E-state index in [-0.39, 0.29) is 16.7 Å². The molecule has 0 bridgehead atoms. The number of ether oxygens (including phenoxy) is 1. The van der Waals surface area contributed by atoms with E-state index >= 15 is 0 Å². The number of hydrogen-bond donors (Lipinski definition) is 0. The number of carbonyl (C=O) groups is 1. The Morgan fingerprint density at radius 2 is 2.10 bits per heavy atom.